The number of fused-ring (bicyclic) bond motifs is 1. The van der Waals surface area contributed by atoms with Crippen molar-refractivity contribution in [3.05, 3.63) is 29.3 Å². The Kier molecular flexibility index (Phi) is 6.16. The van der Waals surface area contributed by atoms with Crippen LogP contribution >= 0.6 is 0 Å². The lowest BCUT2D eigenvalue weighted by molar-refractivity contribution is -0.136. The van der Waals surface area contributed by atoms with Crippen LogP contribution in [0, 0.1) is 11.8 Å². The van der Waals surface area contributed by atoms with Gasteiger partial charge >= 0.3 is 0 Å². The number of carbonyl (C=O) groups excluding carboxylic acids is 2. The van der Waals surface area contributed by atoms with Crippen LogP contribution < -0.4 is 10.2 Å². The van der Waals surface area contributed by atoms with Crippen molar-refractivity contribution in [2.75, 3.05) is 33.9 Å². The standard InChI is InChI=1S/C17H24N2O5/c1-11-10-24-15-9-13(16(20)18-22)5-4-12(15)8-14(11)17(21)19(2)6-7-23-3/h4-5,9,11,14,22H,6-8,10H2,1-3H3,(H,18,20)/t11-,14?/m0/s1. The van der Waals surface area contributed by atoms with Gasteiger partial charge in [-0.3, -0.25) is 14.8 Å². The highest BCUT2D eigenvalue weighted by atomic mass is 16.5. The Bertz CT molecular complexity index is 605. The smallest absolute Gasteiger partial charge is 0.274 e. The molecule has 2 N–H and O–H groups in total. The first kappa shape index (κ1) is 18.2. The molecule has 2 rings (SSSR count). The normalized spacial score (nSPS) is 19.7. The lowest BCUT2D eigenvalue weighted by Crippen LogP contribution is -2.39. The van der Waals surface area contributed by atoms with Gasteiger partial charge in [0.05, 0.1) is 13.2 Å². The molecule has 0 bridgehead atoms. The SMILES string of the molecule is COCCN(C)C(=O)C1Cc2ccc(C(=O)NO)cc2OC[C@@H]1C. The van der Waals surface area contributed by atoms with Gasteiger partial charge in [0, 0.05) is 38.1 Å². The van der Waals surface area contributed by atoms with E-state index >= 15 is 0 Å². The van der Waals surface area contributed by atoms with E-state index in [1.54, 1.807) is 42.7 Å². The number of nitrogens with zero attached hydrogens (tertiary/aromatic N) is 1. The van der Waals surface area contributed by atoms with Crippen LogP contribution in [0.3, 0.4) is 0 Å². The molecule has 0 aliphatic carbocycles. The van der Waals surface area contributed by atoms with Crippen molar-refractivity contribution >= 4 is 11.8 Å². The average Bonchev–Trinajstić information content (AvgIpc) is 2.76. The Labute approximate surface area is 141 Å². The zero-order chi connectivity index (χ0) is 17.7. The maximum Gasteiger partial charge on any atom is 0.274 e. The molecule has 0 radical (unpaired) electrons. The highest BCUT2D eigenvalue weighted by Gasteiger charge is 2.32. The molecule has 1 heterocycles. The molecule has 1 aromatic carbocycles. The highest BCUT2D eigenvalue weighted by Crippen LogP contribution is 2.31. The number of carbonyl (C=O) groups is 2. The molecule has 1 unspecified atom stereocenters. The number of amides is 2. The molecule has 1 aromatic rings. The van der Waals surface area contributed by atoms with E-state index in [1.165, 1.54) is 0 Å². The quantitative estimate of drug-likeness (QED) is 0.621. The van der Waals surface area contributed by atoms with E-state index in [-0.39, 0.29) is 17.7 Å². The number of nitrogens with one attached hydrogen (secondary N) is 1. The fourth-order valence-electron chi connectivity index (χ4n) is 2.79. The summed E-state index contributed by atoms with van der Waals surface area (Å²) in [6.07, 6.45) is 0.549. The molecule has 0 saturated heterocycles. The summed E-state index contributed by atoms with van der Waals surface area (Å²) in [5.41, 5.74) is 2.80. The van der Waals surface area contributed by atoms with E-state index in [9.17, 15) is 9.59 Å². The topological polar surface area (TPSA) is 88.1 Å². The van der Waals surface area contributed by atoms with Crippen LogP contribution in [0.2, 0.25) is 0 Å². The van der Waals surface area contributed by atoms with Crippen molar-refractivity contribution in [3.8, 4) is 5.75 Å². The van der Waals surface area contributed by atoms with Crippen LogP contribution in [0.5, 0.6) is 5.75 Å². The van der Waals surface area contributed by atoms with Gasteiger partial charge in [0.2, 0.25) is 5.91 Å². The maximum absolute atomic E-state index is 12.7. The molecular weight excluding hydrogens is 312 g/mol. The number of likely N-dealkylation sites (N-methyl/N-ethyl adjacent to an activating group) is 1. The van der Waals surface area contributed by atoms with Crippen LogP contribution in [-0.2, 0) is 16.0 Å². The summed E-state index contributed by atoms with van der Waals surface area (Å²) in [5.74, 6) is -0.0905. The van der Waals surface area contributed by atoms with Crippen LogP contribution in [0.4, 0.5) is 0 Å². The van der Waals surface area contributed by atoms with Gasteiger partial charge in [-0.05, 0) is 24.1 Å². The minimum Gasteiger partial charge on any atom is -0.493 e. The Morgan fingerprint density at radius 2 is 2.21 bits per heavy atom. The van der Waals surface area contributed by atoms with Crippen molar-refractivity contribution < 1.29 is 24.3 Å². The summed E-state index contributed by atoms with van der Waals surface area (Å²) in [5, 5.41) is 8.74. The molecule has 24 heavy (non-hydrogen) atoms. The number of methoxy groups -OCH3 is 1. The zero-order valence-corrected chi connectivity index (χ0v) is 14.2. The number of hydrogen-bond donors (Lipinski definition) is 2. The van der Waals surface area contributed by atoms with E-state index < -0.39 is 5.91 Å². The van der Waals surface area contributed by atoms with E-state index in [2.05, 4.69) is 0 Å². The molecule has 0 fully saturated rings. The lowest BCUT2D eigenvalue weighted by atomic mass is 9.87. The number of benzene rings is 1. The molecule has 1 aliphatic rings. The van der Waals surface area contributed by atoms with Gasteiger partial charge in [0.15, 0.2) is 0 Å². The second kappa shape index (κ2) is 8.12. The summed E-state index contributed by atoms with van der Waals surface area (Å²) < 4.78 is 10.8. The summed E-state index contributed by atoms with van der Waals surface area (Å²) in [6.45, 7) is 3.42. The van der Waals surface area contributed by atoms with E-state index in [0.717, 1.165) is 5.56 Å². The first-order chi connectivity index (χ1) is 11.5. The molecule has 2 atom stereocenters. The van der Waals surface area contributed by atoms with Gasteiger partial charge in [0.25, 0.3) is 5.91 Å². The Balaban J connectivity index is 2.19. The van der Waals surface area contributed by atoms with E-state index in [0.29, 0.717) is 37.5 Å². The van der Waals surface area contributed by atoms with Gasteiger partial charge in [-0.1, -0.05) is 13.0 Å². The molecular formula is C17H24N2O5. The van der Waals surface area contributed by atoms with Gasteiger partial charge in [-0.15, -0.1) is 0 Å². The van der Waals surface area contributed by atoms with Crippen LogP contribution in [-0.4, -0.2) is 55.8 Å². The van der Waals surface area contributed by atoms with Crippen molar-refractivity contribution in [3.63, 3.8) is 0 Å². The Hall–Kier alpha value is -2.12. The number of hydrogen-bond acceptors (Lipinski definition) is 5. The highest BCUT2D eigenvalue weighted by molar-refractivity contribution is 5.93. The lowest BCUT2D eigenvalue weighted by Gasteiger charge is -2.26. The molecule has 0 aromatic heterocycles. The van der Waals surface area contributed by atoms with Gasteiger partial charge in [0.1, 0.15) is 5.75 Å². The van der Waals surface area contributed by atoms with E-state index in [1.807, 2.05) is 6.92 Å². The summed E-state index contributed by atoms with van der Waals surface area (Å²) >= 11 is 0. The average molecular weight is 336 g/mol. The first-order valence-corrected chi connectivity index (χ1v) is 7.92. The maximum atomic E-state index is 12.7. The van der Waals surface area contributed by atoms with Crippen molar-refractivity contribution in [2.24, 2.45) is 11.8 Å². The Morgan fingerprint density at radius 3 is 2.88 bits per heavy atom. The largest absolute Gasteiger partial charge is 0.493 e. The molecule has 7 heteroatoms. The third-order valence-electron chi connectivity index (χ3n) is 4.38. The summed E-state index contributed by atoms with van der Waals surface area (Å²) in [4.78, 5) is 25.9. The van der Waals surface area contributed by atoms with Gasteiger partial charge in [-0.2, -0.15) is 0 Å². The van der Waals surface area contributed by atoms with E-state index in [4.69, 9.17) is 14.7 Å². The second-order valence-electron chi connectivity index (χ2n) is 6.11. The van der Waals surface area contributed by atoms with Crippen LogP contribution in [0.25, 0.3) is 0 Å². The van der Waals surface area contributed by atoms with Gasteiger partial charge in [-0.25, -0.2) is 5.48 Å². The molecule has 7 nitrogen and oxygen atoms in total. The number of hydroxylamine groups is 1. The molecule has 132 valence electrons. The summed E-state index contributed by atoms with van der Waals surface area (Å²) in [7, 11) is 3.38. The second-order valence-corrected chi connectivity index (χ2v) is 6.11. The number of ether oxygens (including phenoxy) is 2. The monoisotopic (exact) mass is 336 g/mol. The minimum absolute atomic E-state index is 0.0463. The predicted molar refractivity (Wildman–Crippen MR) is 87.1 cm³/mol. The zero-order valence-electron chi connectivity index (χ0n) is 14.2. The molecule has 0 saturated carbocycles. The predicted octanol–water partition coefficient (Wildman–Crippen LogP) is 1.10. The fraction of sp³-hybridized carbons (Fsp3) is 0.529. The summed E-state index contributed by atoms with van der Waals surface area (Å²) in [6, 6.07) is 4.97. The minimum atomic E-state index is -0.592. The number of rotatable bonds is 5. The van der Waals surface area contributed by atoms with Crippen molar-refractivity contribution in [1.82, 2.24) is 10.4 Å². The first-order valence-electron chi connectivity index (χ1n) is 7.92. The van der Waals surface area contributed by atoms with Crippen molar-refractivity contribution in [1.29, 1.82) is 0 Å². The molecule has 0 spiro atoms. The van der Waals surface area contributed by atoms with Crippen LogP contribution in [0.1, 0.15) is 22.8 Å². The van der Waals surface area contributed by atoms with Gasteiger partial charge < -0.3 is 14.4 Å². The fourth-order valence-corrected chi connectivity index (χ4v) is 2.79. The third kappa shape index (κ3) is 4.04. The third-order valence-corrected chi connectivity index (χ3v) is 4.38. The molecule has 1 aliphatic heterocycles. The van der Waals surface area contributed by atoms with Crippen LogP contribution in [0.15, 0.2) is 18.2 Å². The molecule has 2 amide bonds. The Morgan fingerprint density at radius 1 is 1.46 bits per heavy atom. The van der Waals surface area contributed by atoms with Crippen molar-refractivity contribution in [2.45, 2.75) is 13.3 Å².